The molecule has 0 aliphatic carbocycles. The first kappa shape index (κ1) is 17.1. The zero-order chi connectivity index (χ0) is 16.3. The highest BCUT2D eigenvalue weighted by atomic mass is 16.5. The van der Waals surface area contributed by atoms with Crippen molar-refractivity contribution in [2.45, 2.75) is 6.54 Å². The maximum absolute atomic E-state index is 8.80. The molecule has 0 radical (unpaired) electrons. The summed E-state index contributed by atoms with van der Waals surface area (Å²) in [5.74, 6) is 1.91. The minimum Gasteiger partial charge on any atom is -0.493 e. The summed E-state index contributed by atoms with van der Waals surface area (Å²) in [6.07, 6.45) is 1.70. The predicted molar refractivity (Wildman–Crippen MR) is 87.0 cm³/mol. The Labute approximate surface area is 136 Å². The lowest BCUT2D eigenvalue weighted by Gasteiger charge is -2.12. The Morgan fingerprint density at radius 3 is 2.74 bits per heavy atom. The average molecular weight is 318 g/mol. The molecular weight excluding hydrogens is 296 g/mol. The van der Waals surface area contributed by atoms with E-state index < -0.39 is 0 Å². The van der Waals surface area contributed by atoms with Crippen LogP contribution in [0.4, 0.5) is 0 Å². The summed E-state index contributed by atoms with van der Waals surface area (Å²) in [6.45, 7) is 2.18. The zero-order valence-corrected chi connectivity index (χ0v) is 13.2. The van der Waals surface area contributed by atoms with Crippen molar-refractivity contribution >= 4 is 0 Å². The van der Waals surface area contributed by atoms with Gasteiger partial charge in [0.15, 0.2) is 11.5 Å². The Bertz CT molecular complexity index is 578. The highest BCUT2D eigenvalue weighted by Gasteiger charge is 2.05. The van der Waals surface area contributed by atoms with Gasteiger partial charge in [-0.1, -0.05) is 12.1 Å². The van der Waals surface area contributed by atoms with Crippen LogP contribution in [0.5, 0.6) is 17.4 Å². The number of benzene rings is 1. The lowest BCUT2D eigenvalue weighted by atomic mass is 10.2. The second kappa shape index (κ2) is 9.66. The molecule has 124 valence electrons. The zero-order valence-electron chi connectivity index (χ0n) is 13.2. The first-order valence-electron chi connectivity index (χ1n) is 7.48. The van der Waals surface area contributed by atoms with Gasteiger partial charge in [-0.25, -0.2) is 4.98 Å². The van der Waals surface area contributed by atoms with E-state index in [1.165, 1.54) is 0 Å². The number of nitrogens with zero attached hydrogens (tertiary/aromatic N) is 1. The number of aliphatic hydroxyl groups excluding tert-OH is 1. The number of hydrogen-bond donors (Lipinski definition) is 2. The van der Waals surface area contributed by atoms with E-state index in [9.17, 15) is 0 Å². The number of ether oxygens (including phenoxy) is 3. The maximum Gasteiger partial charge on any atom is 0.213 e. The van der Waals surface area contributed by atoms with Crippen LogP contribution in [0.25, 0.3) is 0 Å². The second-order valence-electron chi connectivity index (χ2n) is 4.75. The molecule has 2 N–H and O–H groups in total. The molecule has 0 unspecified atom stereocenters. The number of methoxy groups -OCH3 is 1. The number of nitrogens with one attached hydrogen (secondary N) is 1. The third-order valence-corrected chi connectivity index (χ3v) is 3.07. The van der Waals surface area contributed by atoms with Gasteiger partial charge >= 0.3 is 0 Å². The summed E-state index contributed by atoms with van der Waals surface area (Å²) in [6, 6.07) is 11.3. The molecule has 0 amide bonds. The third kappa shape index (κ3) is 5.77. The summed E-state index contributed by atoms with van der Waals surface area (Å²) in [5, 5.41) is 12.1. The van der Waals surface area contributed by atoms with Crippen molar-refractivity contribution in [3.63, 3.8) is 0 Å². The predicted octanol–water partition coefficient (Wildman–Crippen LogP) is 1.63. The van der Waals surface area contributed by atoms with Crippen LogP contribution < -0.4 is 19.5 Å². The van der Waals surface area contributed by atoms with Crippen molar-refractivity contribution in [1.29, 1.82) is 0 Å². The fraction of sp³-hybridized carbons (Fsp3) is 0.353. The minimum atomic E-state index is -0.0251. The van der Waals surface area contributed by atoms with Crippen molar-refractivity contribution < 1.29 is 19.3 Å². The molecule has 6 heteroatoms. The van der Waals surface area contributed by atoms with Gasteiger partial charge in [-0.3, -0.25) is 0 Å². The largest absolute Gasteiger partial charge is 0.493 e. The standard InChI is InChI=1S/C17H22N2O4/c1-21-16-12-14(5-6-15(16)22-11-9-20)13-18-8-10-23-17-4-2-3-7-19-17/h2-7,12,18,20H,8-11,13H2,1H3. The molecule has 0 aliphatic rings. The Hall–Kier alpha value is -2.31. The molecule has 2 rings (SSSR count). The molecule has 0 bridgehead atoms. The van der Waals surface area contributed by atoms with Gasteiger partial charge in [0.05, 0.1) is 13.7 Å². The van der Waals surface area contributed by atoms with E-state index in [1.807, 2.05) is 36.4 Å². The molecule has 1 heterocycles. The van der Waals surface area contributed by atoms with Crippen LogP contribution in [-0.2, 0) is 6.54 Å². The van der Waals surface area contributed by atoms with Crippen molar-refractivity contribution in [3.05, 3.63) is 48.2 Å². The number of rotatable bonds is 10. The van der Waals surface area contributed by atoms with Crippen LogP contribution in [0, 0.1) is 0 Å². The molecule has 0 saturated heterocycles. The number of aromatic nitrogens is 1. The van der Waals surface area contributed by atoms with E-state index in [0.29, 0.717) is 37.1 Å². The fourth-order valence-corrected chi connectivity index (χ4v) is 1.99. The highest BCUT2D eigenvalue weighted by molar-refractivity contribution is 5.42. The van der Waals surface area contributed by atoms with Crippen molar-refractivity contribution in [2.75, 3.05) is 33.5 Å². The number of pyridine rings is 1. The molecular formula is C17H22N2O4. The summed E-state index contributed by atoms with van der Waals surface area (Å²) < 4.78 is 16.2. The van der Waals surface area contributed by atoms with E-state index in [1.54, 1.807) is 13.3 Å². The SMILES string of the molecule is COc1cc(CNCCOc2ccccn2)ccc1OCCO. The Morgan fingerprint density at radius 2 is 2.00 bits per heavy atom. The quantitative estimate of drug-likeness (QED) is 0.649. The van der Waals surface area contributed by atoms with E-state index in [4.69, 9.17) is 19.3 Å². The number of hydrogen-bond acceptors (Lipinski definition) is 6. The lowest BCUT2D eigenvalue weighted by Crippen LogP contribution is -2.20. The third-order valence-electron chi connectivity index (χ3n) is 3.07. The van der Waals surface area contributed by atoms with Crippen molar-refractivity contribution in [3.8, 4) is 17.4 Å². The van der Waals surface area contributed by atoms with Gasteiger partial charge in [-0.2, -0.15) is 0 Å². The molecule has 6 nitrogen and oxygen atoms in total. The molecule has 1 aromatic carbocycles. The van der Waals surface area contributed by atoms with Crippen LogP contribution in [0.15, 0.2) is 42.6 Å². The van der Waals surface area contributed by atoms with E-state index in [-0.39, 0.29) is 13.2 Å². The molecule has 0 fully saturated rings. The van der Waals surface area contributed by atoms with Gasteiger partial charge in [0.1, 0.15) is 13.2 Å². The summed E-state index contributed by atoms with van der Waals surface area (Å²) in [7, 11) is 1.60. The smallest absolute Gasteiger partial charge is 0.213 e. The second-order valence-corrected chi connectivity index (χ2v) is 4.75. The van der Waals surface area contributed by atoms with Gasteiger partial charge in [0, 0.05) is 25.4 Å². The normalized spacial score (nSPS) is 10.3. The monoisotopic (exact) mass is 318 g/mol. The van der Waals surface area contributed by atoms with Crippen molar-refractivity contribution in [2.24, 2.45) is 0 Å². The van der Waals surface area contributed by atoms with Gasteiger partial charge in [-0.15, -0.1) is 0 Å². The first-order valence-corrected chi connectivity index (χ1v) is 7.48. The fourth-order valence-electron chi connectivity index (χ4n) is 1.99. The maximum atomic E-state index is 8.80. The topological polar surface area (TPSA) is 72.8 Å². The minimum absolute atomic E-state index is 0.0251. The molecule has 0 saturated carbocycles. The number of aliphatic hydroxyl groups is 1. The molecule has 0 aliphatic heterocycles. The van der Waals surface area contributed by atoms with Gasteiger partial charge in [-0.05, 0) is 23.8 Å². The Morgan fingerprint density at radius 1 is 1.09 bits per heavy atom. The molecule has 0 atom stereocenters. The summed E-state index contributed by atoms with van der Waals surface area (Å²) in [4.78, 5) is 4.09. The molecule has 1 aromatic heterocycles. The lowest BCUT2D eigenvalue weighted by molar-refractivity contribution is 0.196. The Kier molecular flexibility index (Phi) is 7.16. The first-order chi connectivity index (χ1) is 11.3. The van der Waals surface area contributed by atoms with Crippen LogP contribution in [0.2, 0.25) is 0 Å². The summed E-state index contributed by atoms with van der Waals surface area (Å²) >= 11 is 0. The summed E-state index contributed by atoms with van der Waals surface area (Å²) in [5.41, 5.74) is 1.08. The van der Waals surface area contributed by atoms with Crippen LogP contribution in [0.1, 0.15) is 5.56 Å². The van der Waals surface area contributed by atoms with E-state index >= 15 is 0 Å². The van der Waals surface area contributed by atoms with Crippen LogP contribution >= 0.6 is 0 Å². The van der Waals surface area contributed by atoms with Gasteiger partial charge in [0.25, 0.3) is 0 Å². The highest BCUT2D eigenvalue weighted by Crippen LogP contribution is 2.27. The van der Waals surface area contributed by atoms with E-state index in [2.05, 4.69) is 10.3 Å². The van der Waals surface area contributed by atoms with E-state index in [0.717, 1.165) is 5.56 Å². The molecule has 2 aromatic rings. The van der Waals surface area contributed by atoms with Crippen LogP contribution in [-0.4, -0.2) is 43.6 Å². The molecule has 0 spiro atoms. The van der Waals surface area contributed by atoms with Crippen molar-refractivity contribution in [1.82, 2.24) is 10.3 Å². The molecule has 23 heavy (non-hydrogen) atoms. The Balaban J connectivity index is 1.74. The average Bonchev–Trinajstić information content (AvgIpc) is 2.61. The van der Waals surface area contributed by atoms with Gasteiger partial charge < -0.3 is 24.6 Å². The van der Waals surface area contributed by atoms with Gasteiger partial charge in [0.2, 0.25) is 5.88 Å². The van der Waals surface area contributed by atoms with Crippen LogP contribution in [0.3, 0.4) is 0 Å².